The van der Waals surface area contributed by atoms with Gasteiger partial charge in [-0.2, -0.15) is 0 Å². The third-order valence-electron chi connectivity index (χ3n) is 5.51. The fourth-order valence-electron chi connectivity index (χ4n) is 4.15. The minimum absolute atomic E-state index is 0.0157. The summed E-state index contributed by atoms with van der Waals surface area (Å²) in [5.41, 5.74) is 5.25. The van der Waals surface area contributed by atoms with Crippen molar-refractivity contribution in [3.63, 3.8) is 0 Å². The summed E-state index contributed by atoms with van der Waals surface area (Å²) in [4.78, 5) is 25.6. The van der Waals surface area contributed by atoms with Crippen LogP contribution in [-0.4, -0.2) is 29.7 Å². The van der Waals surface area contributed by atoms with Crippen LogP contribution in [0.4, 0.5) is 0 Å². The summed E-state index contributed by atoms with van der Waals surface area (Å²) >= 11 is 0. The second kappa shape index (κ2) is 6.79. The standard InChI is InChI=1S/C22H22N2O2/c1-15-22(20-10-16-6-2-3-7-17(16)11-20)23-21(26)13-24(15)12-18-8-4-5-9-19(18)14-25/h2-9,14,20,22H,1,10-13H2,(H,23,26). The summed E-state index contributed by atoms with van der Waals surface area (Å²) < 4.78 is 0. The number of rotatable bonds is 4. The van der Waals surface area contributed by atoms with E-state index in [-0.39, 0.29) is 18.5 Å². The highest BCUT2D eigenvalue weighted by Crippen LogP contribution is 2.33. The average Bonchev–Trinajstić information content (AvgIpc) is 3.08. The maximum Gasteiger partial charge on any atom is 0.240 e. The molecule has 1 fully saturated rings. The zero-order chi connectivity index (χ0) is 18.1. The molecule has 1 saturated heterocycles. The van der Waals surface area contributed by atoms with Crippen molar-refractivity contribution < 1.29 is 9.59 Å². The Morgan fingerprint density at radius 1 is 1.08 bits per heavy atom. The Kier molecular flexibility index (Phi) is 4.33. The average molecular weight is 346 g/mol. The lowest BCUT2D eigenvalue weighted by Gasteiger charge is -2.39. The molecule has 26 heavy (non-hydrogen) atoms. The lowest BCUT2D eigenvalue weighted by molar-refractivity contribution is -0.124. The van der Waals surface area contributed by atoms with Crippen molar-refractivity contribution in [1.29, 1.82) is 0 Å². The van der Waals surface area contributed by atoms with E-state index in [4.69, 9.17) is 0 Å². The number of nitrogens with one attached hydrogen (secondary N) is 1. The van der Waals surface area contributed by atoms with Crippen molar-refractivity contribution in [2.24, 2.45) is 5.92 Å². The molecule has 0 aromatic heterocycles. The largest absolute Gasteiger partial charge is 0.360 e. The van der Waals surface area contributed by atoms with Crippen molar-refractivity contribution in [3.05, 3.63) is 83.1 Å². The highest BCUT2D eigenvalue weighted by molar-refractivity contribution is 5.81. The third-order valence-corrected chi connectivity index (χ3v) is 5.51. The van der Waals surface area contributed by atoms with Crippen LogP contribution in [-0.2, 0) is 24.2 Å². The van der Waals surface area contributed by atoms with Crippen LogP contribution in [0.1, 0.15) is 27.0 Å². The normalized spacial score (nSPS) is 20.0. The molecule has 1 unspecified atom stereocenters. The molecule has 1 aliphatic heterocycles. The van der Waals surface area contributed by atoms with E-state index < -0.39 is 0 Å². The Morgan fingerprint density at radius 2 is 1.73 bits per heavy atom. The van der Waals surface area contributed by atoms with Crippen LogP contribution in [0, 0.1) is 5.92 Å². The monoisotopic (exact) mass is 346 g/mol. The molecule has 0 radical (unpaired) electrons. The van der Waals surface area contributed by atoms with E-state index in [0.29, 0.717) is 18.0 Å². The van der Waals surface area contributed by atoms with Gasteiger partial charge in [0.2, 0.25) is 5.91 Å². The number of nitrogens with zero attached hydrogens (tertiary/aromatic N) is 1. The number of hydrogen-bond acceptors (Lipinski definition) is 3. The molecule has 1 heterocycles. The topological polar surface area (TPSA) is 49.4 Å². The Bertz CT molecular complexity index is 849. The van der Waals surface area contributed by atoms with E-state index >= 15 is 0 Å². The summed E-state index contributed by atoms with van der Waals surface area (Å²) in [6.07, 6.45) is 2.78. The molecule has 4 nitrogen and oxygen atoms in total. The Morgan fingerprint density at radius 3 is 2.42 bits per heavy atom. The molecular weight excluding hydrogens is 324 g/mol. The molecule has 2 aromatic rings. The molecule has 2 aliphatic rings. The quantitative estimate of drug-likeness (QED) is 0.866. The molecule has 4 rings (SSSR count). The summed E-state index contributed by atoms with van der Waals surface area (Å²) in [5, 5.41) is 3.14. The minimum Gasteiger partial charge on any atom is -0.360 e. The van der Waals surface area contributed by atoms with Gasteiger partial charge < -0.3 is 10.2 Å². The van der Waals surface area contributed by atoms with Crippen LogP contribution in [0.3, 0.4) is 0 Å². The van der Waals surface area contributed by atoms with Gasteiger partial charge in [0.1, 0.15) is 6.29 Å². The molecule has 1 amide bonds. The van der Waals surface area contributed by atoms with E-state index in [2.05, 4.69) is 36.2 Å². The molecule has 0 spiro atoms. The maximum atomic E-state index is 12.3. The Labute approximate surface area is 153 Å². The summed E-state index contributed by atoms with van der Waals surface area (Å²) in [7, 11) is 0. The molecule has 0 saturated carbocycles. The van der Waals surface area contributed by atoms with Gasteiger partial charge in [0, 0.05) is 17.8 Å². The molecule has 4 heteroatoms. The van der Waals surface area contributed by atoms with Gasteiger partial charge in [-0.1, -0.05) is 55.1 Å². The second-order valence-corrected chi connectivity index (χ2v) is 7.15. The summed E-state index contributed by atoms with van der Waals surface area (Å²) in [6.45, 7) is 5.10. The number of aldehydes is 1. The number of fused-ring (bicyclic) bond motifs is 1. The van der Waals surface area contributed by atoms with Gasteiger partial charge in [-0.25, -0.2) is 0 Å². The first-order valence-electron chi connectivity index (χ1n) is 8.98. The Hall–Kier alpha value is -2.88. The second-order valence-electron chi connectivity index (χ2n) is 7.15. The first-order valence-corrected chi connectivity index (χ1v) is 8.98. The van der Waals surface area contributed by atoms with Gasteiger partial charge in [0.05, 0.1) is 12.6 Å². The number of carbonyl (C=O) groups excluding carboxylic acids is 2. The van der Waals surface area contributed by atoms with E-state index in [1.54, 1.807) is 6.07 Å². The highest BCUT2D eigenvalue weighted by Gasteiger charge is 2.36. The van der Waals surface area contributed by atoms with Crippen molar-refractivity contribution in [2.45, 2.75) is 25.4 Å². The van der Waals surface area contributed by atoms with Gasteiger partial charge in [-0.3, -0.25) is 9.59 Å². The van der Waals surface area contributed by atoms with Crippen LogP contribution >= 0.6 is 0 Å². The van der Waals surface area contributed by atoms with Crippen molar-refractivity contribution in [2.75, 3.05) is 6.54 Å². The predicted octanol–water partition coefficient (Wildman–Crippen LogP) is 2.73. The number of amides is 1. The van der Waals surface area contributed by atoms with Crippen molar-refractivity contribution in [1.82, 2.24) is 10.2 Å². The van der Waals surface area contributed by atoms with E-state index in [9.17, 15) is 9.59 Å². The van der Waals surface area contributed by atoms with Crippen LogP contribution < -0.4 is 5.32 Å². The smallest absolute Gasteiger partial charge is 0.240 e. The molecule has 1 atom stereocenters. The lowest BCUT2D eigenvalue weighted by Crippen LogP contribution is -2.54. The molecule has 0 bridgehead atoms. The molecule has 1 N–H and O–H groups in total. The first kappa shape index (κ1) is 16.6. The predicted molar refractivity (Wildman–Crippen MR) is 101 cm³/mol. The molecular formula is C22H22N2O2. The number of benzene rings is 2. The Balaban J connectivity index is 1.54. The van der Waals surface area contributed by atoms with Gasteiger partial charge >= 0.3 is 0 Å². The fourth-order valence-corrected chi connectivity index (χ4v) is 4.15. The van der Waals surface area contributed by atoms with E-state index in [0.717, 1.165) is 30.4 Å². The minimum atomic E-state index is -0.0629. The molecule has 1 aliphatic carbocycles. The first-order chi connectivity index (χ1) is 12.7. The zero-order valence-corrected chi connectivity index (χ0v) is 14.7. The van der Waals surface area contributed by atoms with Gasteiger partial charge in [0.15, 0.2) is 0 Å². The summed E-state index contributed by atoms with van der Waals surface area (Å²) in [5.74, 6) is 0.343. The van der Waals surface area contributed by atoms with Crippen LogP contribution in [0.25, 0.3) is 0 Å². The van der Waals surface area contributed by atoms with Crippen LogP contribution in [0.2, 0.25) is 0 Å². The lowest BCUT2D eigenvalue weighted by atomic mass is 9.91. The zero-order valence-electron chi connectivity index (χ0n) is 14.7. The van der Waals surface area contributed by atoms with Crippen LogP contribution in [0.5, 0.6) is 0 Å². The van der Waals surface area contributed by atoms with E-state index in [1.807, 2.05) is 23.1 Å². The number of hydrogen-bond donors (Lipinski definition) is 1. The fraction of sp³-hybridized carbons (Fsp3) is 0.273. The van der Waals surface area contributed by atoms with Gasteiger partial charge in [0.25, 0.3) is 0 Å². The van der Waals surface area contributed by atoms with Crippen molar-refractivity contribution in [3.8, 4) is 0 Å². The molecule has 132 valence electrons. The van der Waals surface area contributed by atoms with Crippen LogP contribution in [0.15, 0.2) is 60.8 Å². The summed E-state index contributed by atoms with van der Waals surface area (Å²) in [6, 6.07) is 15.9. The molecule has 2 aromatic carbocycles. The van der Waals surface area contributed by atoms with Crippen molar-refractivity contribution >= 4 is 12.2 Å². The maximum absolute atomic E-state index is 12.3. The third kappa shape index (κ3) is 3.03. The number of carbonyl (C=O) groups is 2. The van der Waals surface area contributed by atoms with Gasteiger partial charge in [-0.05, 0) is 35.4 Å². The SMILES string of the molecule is C=C1C(C2Cc3ccccc3C2)NC(=O)CN1Cc1ccccc1C=O. The van der Waals surface area contributed by atoms with E-state index in [1.165, 1.54) is 11.1 Å². The highest BCUT2D eigenvalue weighted by atomic mass is 16.2. The van der Waals surface area contributed by atoms with Gasteiger partial charge in [-0.15, -0.1) is 0 Å². The number of piperazine rings is 1.